The highest BCUT2D eigenvalue weighted by molar-refractivity contribution is 9.10. The van der Waals surface area contributed by atoms with Crippen LogP contribution in [0.25, 0.3) is 0 Å². The Kier molecular flexibility index (Phi) is 5.63. The lowest BCUT2D eigenvalue weighted by Crippen LogP contribution is -2.53. The van der Waals surface area contributed by atoms with Crippen LogP contribution in [0.2, 0.25) is 0 Å². The van der Waals surface area contributed by atoms with Crippen molar-refractivity contribution in [2.24, 2.45) is 0 Å². The number of ether oxygens (including phenoxy) is 1. The molecule has 0 radical (unpaired) electrons. The molecule has 2 aliphatic rings. The van der Waals surface area contributed by atoms with Crippen LogP contribution in [0.5, 0.6) is 0 Å². The molecule has 26 heavy (non-hydrogen) atoms. The second kappa shape index (κ2) is 7.46. The number of thioether (sulfide) groups is 1. The standard InChI is InChI=1S/C18H25BrN2O4S/c1-17(2,3)25-16(23)20-10-7-18(8-11-20)21(15(22)12-26-18)9-6-13-4-5-14(19)24-13/h4-5H,6-12H2,1-3H3. The zero-order chi connectivity index (χ0) is 18.9. The van der Waals surface area contributed by atoms with Crippen LogP contribution in [0.15, 0.2) is 21.2 Å². The maximum atomic E-state index is 12.4. The summed E-state index contributed by atoms with van der Waals surface area (Å²) in [5, 5.41) is 0. The Bertz CT molecular complexity index is 677. The molecule has 6 nitrogen and oxygen atoms in total. The zero-order valence-electron chi connectivity index (χ0n) is 15.4. The van der Waals surface area contributed by atoms with Gasteiger partial charge in [0.1, 0.15) is 11.4 Å². The molecular formula is C18H25BrN2O4S. The van der Waals surface area contributed by atoms with Gasteiger partial charge in [-0.25, -0.2) is 4.79 Å². The number of carbonyl (C=O) groups excluding carboxylic acids is 2. The van der Waals surface area contributed by atoms with E-state index in [4.69, 9.17) is 9.15 Å². The van der Waals surface area contributed by atoms with Crippen molar-refractivity contribution < 1.29 is 18.7 Å². The Morgan fingerprint density at radius 3 is 2.62 bits per heavy atom. The fourth-order valence-electron chi connectivity index (χ4n) is 3.40. The smallest absolute Gasteiger partial charge is 0.410 e. The summed E-state index contributed by atoms with van der Waals surface area (Å²) in [5.41, 5.74) is -0.492. The van der Waals surface area contributed by atoms with E-state index in [0.29, 0.717) is 36.5 Å². The Balaban J connectivity index is 1.60. The molecule has 0 unspecified atom stereocenters. The molecule has 2 fully saturated rings. The minimum Gasteiger partial charge on any atom is -0.454 e. The number of hydrogen-bond donors (Lipinski definition) is 0. The fourth-order valence-corrected chi connectivity index (χ4v) is 5.10. The molecule has 2 saturated heterocycles. The predicted octanol–water partition coefficient (Wildman–Crippen LogP) is 3.89. The molecule has 0 atom stereocenters. The van der Waals surface area contributed by atoms with Crippen LogP contribution >= 0.6 is 27.7 Å². The normalized spacial score (nSPS) is 20.1. The van der Waals surface area contributed by atoms with Gasteiger partial charge in [-0.1, -0.05) is 0 Å². The number of amides is 2. The first-order chi connectivity index (χ1) is 12.2. The van der Waals surface area contributed by atoms with Gasteiger partial charge in [-0.05, 0) is 61.7 Å². The molecular weight excluding hydrogens is 420 g/mol. The van der Waals surface area contributed by atoms with E-state index in [0.717, 1.165) is 18.6 Å². The Labute approximate surface area is 166 Å². The average molecular weight is 445 g/mol. The Morgan fingerprint density at radius 1 is 1.35 bits per heavy atom. The van der Waals surface area contributed by atoms with Crippen LogP contribution in [0.1, 0.15) is 39.4 Å². The number of carbonyl (C=O) groups is 2. The van der Waals surface area contributed by atoms with Crippen molar-refractivity contribution in [2.75, 3.05) is 25.4 Å². The molecule has 3 heterocycles. The van der Waals surface area contributed by atoms with Crippen LogP contribution in [0.3, 0.4) is 0 Å². The van der Waals surface area contributed by atoms with E-state index >= 15 is 0 Å². The van der Waals surface area contributed by atoms with Gasteiger partial charge < -0.3 is 19.0 Å². The number of hydrogen-bond acceptors (Lipinski definition) is 5. The molecule has 0 aromatic carbocycles. The number of rotatable bonds is 3. The van der Waals surface area contributed by atoms with Crippen molar-refractivity contribution in [2.45, 2.75) is 50.5 Å². The second-order valence-electron chi connectivity index (χ2n) is 7.70. The van der Waals surface area contributed by atoms with Gasteiger partial charge in [0.05, 0.1) is 10.6 Å². The van der Waals surface area contributed by atoms with E-state index in [9.17, 15) is 9.59 Å². The van der Waals surface area contributed by atoms with E-state index in [1.54, 1.807) is 16.7 Å². The molecule has 144 valence electrons. The lowest BCUT2D eigenvalue weighted by atomic mass is 10.0. The van der Waals surface area contributed by atoms with Gasteiger partial charge >= 0.3 is 6.09 Å². The van der Waals surface area contributed by atoms with Crippen LogP contribution in [0, 0.1) is 0 Å². The van der Waals surface area contributed by atoms with Crippen molar-refractivity contribution in [3.05, 3.63) is 22.6 Å². The first kappa shape index (κ1) is 19.6. The van der Waals surface area contributed by atoms with Gasteiger partial charge in [0, 0.05) is 26.1 Å². The van der Waals surface area contributed by atoms with Crippen molar-refractivity contribution in [3.63, 3.8) is 0 Å². The van der Waals surface area contributed by atoms with Gasteiger partial charge in [-0.15, -0.1) is 11.8 Å². The third kappa shape index (κ3) is 4.39. The molecule has 0 N–H and O–H groups in total. The SMILES string of the molecule is CC(C)(C)OC(=O)N1CCC2(CC1)SCC(=O)N2CCc1ccc(Br)o1. The summed E-state index contributed by atoms with van der Waals surface area (Å²) in [6.45, 7) is 7.47. The van der Waals surface area contributed by atoms with Gasteiger partial charge in [0.25, 0.3) is 0 Å². The van der Waals surface area contributed by atoms with E-state index in [-0.39, 0.29) is 16.9 Å². The minimum atomic E-state index is -0.492. The maximum Gasteiger partial charge on any atom is 0.410 e. The van der Waals surface area contributed by atoms with Crippen LogP contribution < -0.4 is 0 Å². The summed E-state index contributed by atoms with van der Waals surface area (Å²) in [4.78, 5) is 28.2. The third-order valence-electron chi connectivity index (χ3n) is 4.66. The molecule has 3 rings (SSSR count). The van der Waals surface area contributed by atoms with Crippen molar-refractivity contribution in [3.8, 4) is 0 Å². The first-order valence-electron chi connectivity index (χ1n) is 8.85. The molecule has 8 heteroatoms. The predicted molar refractivity (Wildman–Crippen MR) is 104 cm³/mol. The van der Waals surface area contributed by atoms with Crippen LogP contribution in [0.4, 0.5) is 4.79 Å². The molecule has 2 amide bonds. The quantitative estimate of drug-likeness (QED) is 0.707. The number of likely N-dealkylation sites (tertiary alicyclic amines) is 1. The largest absolute Gasteiger partial charge is 0.454 e. The van der Waals surface area contributed by atoms with Gasteiger partial charge in [0.15, 0.2) is 4.67 Å². The number of halogens is 1. The monoisotopic (exact) mass is 444 g/mol. The first-order valence-corrected chi connectivity index (χ1v) is 10.6. The van der Waals surface area contributed by atoms with E-state index in [2.05, 4.69) is 15.9 Å². The highest BCUT2D eigenvalue weighted by Crippen LogP contribution is 2.44. The Morgan fingerprint density at radius 2 is 2.04 bits per heavy atom. The zero-order valence-corrected chi connectivity index (χ0v) is 17.8. The molecule has 0 bridgehead atoms. The number of piperidine rings is 1. The van der Waals surface area contributed by atoms with Crippen molar-refractivity contribution >= 4 is 39.7 Å². The fraction of sp³-hybridized carbons (Fsp3) is 0.667. The summed E-state index contributed by atoms with van der Waals surface area (Å²) in [5.74, 6) is 1.54. The van der Waals surface area contributed by atoms with Crippen LogP contribution in [-0.2, 0) is 16.0 Å². The maximum absolute atomic E-state index is 12.4. The molecule has 1 spiro atoms. The van der Waals surface area contributed by atoms with Gasteiger partial charge in [-0.3, -0.25) is 4.79 Å². The van der Waals surface area contributed by atoms with Crippen molar-refractivity contribution in [1.29, 1.82) is 0 Å². The number of nitrogens with zero attached hydrogens (tertiary/aromatic N) is 2. The van der Waals surface area contributed by atoms with E-state index in [1.165, 1.54) is 0 Å². The summed E-state index contributed by atoms with van der Waals surface area (Å²) >= 11 is 5.01. The van der Waals surface area contributed by atoms with E-state index < -0.39 is 5.60 Å². The summed E-state index contributed by atoms with van der Waals surface area (Å²) in [6, 6.07) is 3.79. The highest BCUT2D eigenvalue weighted by Gasteiger charge is 2.48. The summed E-state index contributed by atoms with van der Waals surface area (Å²) in [7, 11) is 0. The van der Waals surface area contributed by atoms with Gasteiger partial charge in [-0.2, -0.15) is 0 Å². The average Bonchev–Trinajstić information content (AvgIpc) is 3.09. The van der Waals surface area contributed by atoms with Crippen molar-refractivity contribution in [1.82, 2.24) is 9.80 Å². The molecule has 1 aromatic rings. The van der Waals surface area contributed by atoms with Gasteiger partial charge in [0.2, 0.25) is 5.91 Å². The third-order valence-corrected chi connectivity index (χ3v) is 6.65. The molecule has 1 aromatic heterocycles. The topological polar surface area (TPSA) is 63.0 Å². The molecule has 0 aliphatic carbocycles. The Hall–Kier alpha value is -1.15. The van der Waals surface area contributed by atoms with Crippen LogP contribution in [-0.4, -0.2) is 57.7 Å². The lowest BCUT2D eigenvalue weighted by molar-refractivity contribution is -0.131. The highest BCUT2D eigenvalue weighted by atomic mass is 79.9. The molecule has 2 aliphatic heterocycles. The van der Waals surface area contributed by atoms with E-state index in [1.807, 2.05) is 37.8 Å². The summed E-state index contributed by atoms with van der Waals surface area (Å²) < 4.78 is 11.7. The lowest BCUT2D eigenvalue weighted by Gasteiger charge is -2.44. The summed E-state index contributed by atoms with van der Waals surface area (Å²) in [6.07, 6.45) is 1.96. The molecule has 0 saturated carbocycles. The minimum absolute atomic E-state index is 0.173. The second-order valence-corrected chi connectivity index (χ2v) is 9.82. The number of furan rings is 1.